The van der Waals surface area contributed by atoms with Gasteiger partial charge in [-0.05, 0) is 54.2 Å². The summed E-state index contributed by atoms with van der Waals surface area (Å²) in [7, 11) is 0. The molecule has 2 aliphatic rings. The number of nitro groups is 2. The van der Waals surface area contributed by atoms with E-state index in [4.69, 9.17) is 15.2 Å². The number of ether oxygens (including phenoxy) is 2. The molecule has 4 rings (SSSR count). The number of benzene rings is 2. The standard InChI is InChI=1S/C25H27N5O10/c26-23(32)22-9-17(11-27(22)24(33)39-13-15-1-5-18(6-2-15)29(35)36)21-10-20(31)12-28(21)25(34)40-14-16-3-7-19(8-4-16)30(37)38/h1-8,17,20-22,31H,9-14H2,(H2,26,32)/t17?,20-,21+,22?/m1/s1. The van der Waals surface area contributed by atoms with E-state index in [-0.39, 0.29) is 50.5 Å². The van der Waals surface area contributed by atoms with Crippen LogP contribution in [-0.2, 0) is 27.5 Å². The SMILES string of the molecule is NC(=O)C1CC([C@@H]2C[C@@H](O)CN2C(=O)OCc2ccc([N+](=O)[O-])cc2)CN1C(=O)OCc1ccc([N+](=O)[O-])cc1. The second-order valence-electron chi connectivity index (χ2n) is 9.63. The van der Waals surface area contributed by atoms with Gasteiger partial charge < -0.3 is 25.2 Å². The van der Waals surface area contributed by atoms with E-state index in [1.807, 2.05) is 0 Å². The Bertz CT molecular complexity index is 1290. The molecule has 0 aromatic heterocycles. The van der Waals surface area contributed by atoms with Gasteiger partial charge in [-0.25, -0.2) is 9.59 Å². The summed E-state index contributed by atoms with van der Waals surface area (Å²) in [5, 5.41) is 31.9. The molecule has 2 aromatic rings. The Balaban J connectivity index is 1.38. The summed E-state index contributed by atoms with van der Waals surface area (Å²) < 4.78 is 10.7. The van der Waals surface area contributed by atoms with Crippen LogP contribution in [0.25, 0.3) is 0 Å². The maximum atomic E-state index is 12.9. The second-order valence-corrected chi connectivity index (χ2v) is 9.63. The Labute approximate surface area is 227 Å². The minimum absolute atomic E-state index is 0.00785. The molecule has 2 heterocycles. The van der Waals surface area contributed by atoms with Gasteiger partial charge in [0.15, 0.2) is 0 Å². The average Bonchev–Trinajstić information content (AvgIpc) is 3.55. The quantitative estimate of drug-likeness (QED) is 0.356. The number of likely N-dealkylation sites (tertiary alicyclic amines) is 2. The molecule has 15 heteroatoms. The molecule has 0 bridgehead atoms. The van der Waals surface area contributed by atoms with Crippen molar-refractivity contribution in [3.05, 3.63) is 79.9 Å². The van der Waals surface area contributed by atoms with Gasteiger partial charge in [-0.1, -0.05) is 0 Å². The molecule has 2 saturated heterocycles. The number of carbonyl (C=O) groups is 3. The number of nitro benzene ring substituents is 2. The van der Waals surface area contributed by atoms with Crippen molar-refractivity contribution >= 4 is 29.5 Å². The summed E-state index contributed by atoms with van der Waals surface area (Å²) in [5.74, 6) is -1.16. The monoisotopic (exact) mass is 557 g/mol. The van der Waals surface area contributed by atoms with Gasteiger partial charge in [-0.2, -0.15) is 0 Å². The fraction of sp³-hybridized carbons (Fsp3) is 0.400. The number of amides is 3. The molecule has 40 heavy (non-hydrogen) atoms. The molecule has 2 aromatic carbocycles. The molecule has 0 aliphatic carbocycles. The van der Waals surface area contributed by atoms with E-state index in [1.54, 1.807) is 0 Å². The summed E-state index contributed by atoms with van der Waals surface area (Å²) >= 11 is 0. The highest BCUT2D eigenvalue weighted by Crippen LogP contribution is 2.35. The third-order valence-corrected chi connectivity index (χ3v) is 7.02. The normalized spacial score (nSPS) is 22.1. The van der Waals surface area contributed by atoms with Crippen LogP contribution in [0.1, 0.15) is 24.0 Å². The summed E-state index contributed by atoms with van der Waals surface area (Å²) in [6, 6.07) is 9.44. The van der Waals surface area contributed by atoms with Gasteiger partial charge >= 0.3 is 12.2 Å². The first kappa shape index (κ1) is 28.2. The van der Waals surface area contributed by atoms with Gasteiger partial charge in [-0.15, -0.1) is 0 Å². The first-order valence-corrected chi connectivity index (χ1v) is 12.3. The molecule has 0 saturated carbocycles. The van der Waals surface area contributed by atoms with Gasteiger partial charge in [0.25, 0.3) is 11.4 Å². The van der Waals surface area contributed by atoms with Crippen molar-refractivity contribution in [1.29, 1.82) is 0 Å². The van der Waals surface area contributed by atoms with Crippen LogP contribution in [0.2, 0.25) is 0 Å². The van der Waals surface area contributed by atoms with E-state index in [0.717, 1.165) is 0 Å². The van der Waals surface area contributed by atoms with Crippen LogP contribution in [0, 0.1) is 26.1 Å². The number of carbonyl (C=O) groups excluding carboxylic acids is 3. The third-order valence-electron chi connectivity index (χ3n) is 7.02. The molecular formula is C25H27N5O10. The van der Waals surface area contributed by atoms with Crippen LogP contribution in [0.15, 0.2) is 48.5 Å². The van der Waals surface area contributed by atoms with E-state index in [0.29, 0.717) is 11.1 Å². The summed E-state index contributed by atoms with van der Waals surface area (Å²) in [5.41, 5.74) is 6.38. The zero-order valence-corrected chi connectivity index (χ0v) is 21.2. The van der Waals surface area contributed by atoms with E-state index in [9.17, 15) is 39.7 Å². The number of hydrogen-bond donors (Lipinski definition) is 2. The van der Waals surface area contributed by atoms with E-state index in [1.165, 1.54) is 58.3 Å². The number of β-amino-alcohol motifs (C(OH)–C–C–N with tert-alkyl or cyclic N) is 1. The lowest BCUT2D eigenvalue weighted by Crippen LogP contribution is -2.44. The average molecular weight is 558 g/mol. The molecule has 15 nitrogen and oxygen atoms in total. The largest absolute Gasteiger partial charge is 0.445 e. The third kappa shape index (κ3) is 6.43. The smallest absolute Gasteiger partial charge is 0.410 e. The van der Waals surface area contributed by atoms with Gasteiger partial charge in [0.1, 0.15) is 19.3 Å². The number of hydrogen-bond acceptors (Lipinski definition) is 10. The number of aliphatic hydroxyl groups excluding tert-OH is 1. The van der Waals surface area contributed by atoms with E-state index >= 15 is 0 Å². The van der Waals surface area contributed by atoms with Gasteiger partial charge in [0.05, 0.1) is 22.5 Å². The number of primary amides is 1. The zero-order chi connectivity index (χ0) is 29.0. The number of nitrogens with two attached hydrogens (primary N) is 1. The number of nitrogens with zero attached hydrogens (tertiary/aromatic N) is 4. The minimum atomic E-state index is -0.995. The van der Waals surface area contributed by atoms with Crippen molar-refractivity contribution < 1.29 is 38.8 Å². The van der Waals surface area contributed by atoms with E-state index < -0.39 is 52.0 Å². The summed E-state index contributed by atoms with van der Waals surface area (Å²) in [6.07, 6.45) is -2.02. The highest BCUT2D eigenvalue weighted by atomic mass is 16.6. The number of rotatable bonds is 8. The molecule has 0 spiro atoms. The Morgan fingerprint density at radius 1 is 0.825 bits per heavy atom. The first-order valence-electron chi connectivity index (χ1n) is 12.3. The number of aliphatic hydroxyl groups is 1. The first-order chi connectivity index (χ1) is 19.0. The van der Waals surface area contributed by atoms with Crippen molar-refractivity contribution in [2.45, 2.75) is 44.2 Å². The molecule has 2 unspecified atom stereocenters. The molecular weight excluding hydrogens is 530 g/mol. The molecule has 0 radical (unpaired) electrons. The lowest BCUT2D eigenvalue weighted by Gasteiger charge is -2.28. The lowest BCUT2D eigenvalue weighted by molar-refractivity contribution is -0.385. The summed E-state index contributed by atoms with van der Waals surface area (Å²) in [4.78, 5) is 61.0. The topological polar surface area (TPSA) is 209 Å². The Morgan fingerprint density at radius 3 is 1.75 bits per heavy atom. The van der Waals surface area contributed by atoms with Crippen LogP contribution >= 0.6 is 0 Å². The number of non-ortho nitro benzene ring substituents is 2. The maximum Gasteiger partial charge on any atom is 0.410 e. The van der Waals surface area contributed by atoms with Crippen molar-refractivity contribution in [3.8, 4) is 0 Å². The highest BCUT2D eigenvalue weighted by Gasteiger charge is 2.48. The van der Waals surface area contributed by atoms with Crippen molar-refractivity contribution in [3.63, 3.8) is 0 Å². The molecule has 2 aliphatic heterocycles. The van der Waals surface area contributed by atoms with Crippen LogP contribution in [-0.4, -0.2) is 74.1 Å². The maximum absolute atomic E-state index is 12.9. The molecule has 3 N–H and O–H groups in total. The van der Waals surface area contributed by atoms with Gasteiger partial charge in [0.2, 0.25) is 5.91 Å². The van der Waals surface area contributed by atoms with Gasteiger partial charge in [0, 0.05) is 36.9 Å². The molecule has 3 amide bonds. The predicted molar refractivity (Wildman–Crippen MR) is 135 cm³/mol. The van der Waals surface area contributed by atoms with Crippen molar-refractivity contribution in [2.75, 3.05) is 13.1 Å². The Kier molecular flexibility index (Phi) is 8.43. The van der Waals surface area contributed by atoms with Crippen LogP contribution in [0.5, 0.6) is 0 Å². The Hall–Kier alpha value is -4.79. The van der Waals surface area contributed by atoms with Crippen molar-refractivity contribution in [2.24, 2.45) is 11.7 Å². The fourth-order valence-electron chi connectivity index (χ4n) is 5.00. The van der Waals surface area contributed by atoms with Crippen LogP contribution in [0.3, 0.4) is 0 Å². The second kappa shape index (κ2) is 11.9. The Morgan fingerprint density at radius 2 is 1.30 bits per heavy atom. The van der Waals surface area contributed by atoms with Gasteiger partial charge in [-0.3, -0.25) is 29.9 Å². The van der Waals surface area contributed by atoms with Crippen molar-refractivity contribution in [1.82, 2.24) is 9.80 Å². The zero-order valence-electron chi connectivity index (χ0n) is 21.2. The summed E-state index contributed by atoms with van der Waals surface area (Å²) in [6.45, 7) is -0.305. The van der Waals surface area contributed by atoms with Crippen LogP contribution in [0.4, 0.5) is 21.0 Å². The molecule has 4 atom stereocenters. The molecule has 212 valence electrons. The lowest BCUT2D eigenvalue weighted by atomic mass is 9.94. The van der Waals surface area contributed by atoms with Crippen LogP contribution < -0.4 is 5.73 Å². The fourth-order valence-corrected chi connectivity index (χ4v) is 5.00. The molecule has 2 fully saturated rings. The predicted octanol–water partition coefficient (Wildman–Crippen LogP) is 2.09. The highest BCUT2D eigenvalue weighted by molar-refractivity contribution is 5.85. The minimum Gasteiger partial charge on any atom is -0.445 e. The van der Waals surface area contributed by atoms with E-state index in [2.05, 4.69) is 0 Å².